The first-order valence-corrected chi connectivity index (χ1v) is 17.6. The van der Waals surface area contributed by atoms with Gasteiger partial charge in [0.25, 0.3) is 5.91 Å². The molecule has 1 aliphatic carbocycles. The van der Waals surface area contributed by atoms with Gasteiger partial charge in [-0.3, -0.25) is 14.8 Å². The third kappa shape index (κ3) is 6.65. The van der Waals surface area contributed by atoms with E-state index < -0.39 is 0 Å². The smallest absolute Gasteiger partial charge is 0.256 e. The van der Waals surface area contributed by atoms with Crippen molar-refractivity contribution >= 4 is 44.7 Å². The summed E-state index contributed by atoms with van der Waals surface area (Å²) in [6, 6.07) is 12.6. The van der Waals surface area contributed by atoms with Gasteiger partial charge in [-0.1, -0.05) is 30.7 Å². The zero-order valence-corrected chi connectivity index (χ0v) is 29.1. The zero-order chi connectivity index (χ0) is 34.1. The molecule has 8 rings (SSSR count). The van der Waals surface area contributed by atoms with Gasteiger partial charge in [-0.2, -0.15) is 0 Å². The number of anilines is 1. The molecule has 1 aliphatic heterocycles. The minimum absolute atomic E-state index is 0.0404. The van der Waals surface area contributed by atoms with Gasteiger partial charge >= 0.3 is 0 Å². The molecule has 5 aromatic heterocycles. The number of aromatic nitrogens is 5. The van der Waals surface area contributed by atoms with Gasteiger partial charge in [-0.05, 0) is 85.4 Å². The van der Waals surface area contributed by atoms with Crippen molar-refractivity contribution in [2.24, 2.45) is 0 Å². The summed E-state index contributed by atoms with van der Waals surface area (Å²) in [6.45, 7) is 4.90. The molecule has 12 heteroatoms. The molecule has 6 aromatic rings. The predicted octanol–water partition coefficient (Wildman–Crippen LogP) is 8.27. The largest absolute Gasteiger partial charge is 0.421 e. The van der Waals surface area contributed by atoms with Crippen molar-refractivity contribution < 1.29 is 13.6 Å². The molecule has 0 atom stereocenters. The van der Waals surface area contributed by atoms with Gasteiger partial charge in [-0.15, -0.1) is 21.5 Å². The summed E-state index contributed by atoms with van der Waals surface area (Å²) < 4.78 is 20.5. The molecule has 0 unspecified atom stereocenters. The number of nitrogens with zero attached hydrogens (tertiary/aromatic N) is 6. The van der Waals surface area contributed by atoms with Crippen LogP contribution in [0.3, 0.4) is 0 Å². The number of aryl methyl sites for hydroxylation is 5. The lowest BCUT2D eigenvalue weighted by molar-refractivity contribution is 0.0778. The van der Waals surface area contributed by atoms with Gasteiger partial charge in [-0.25, -0.2) is 9.37 Å². The first kappa shape index (κ1) is 32.8. The van der Waals surface area contributed by atoms with Crippen LogP contribution in [0.2, 0.25) is 5.02 Å². The molecule has 0 bridgehead atoms. The van der Waals surface area contributed by atoms with Crippen LogP contribution in [0.25, 0.3) is 32.0 Å². The lowest BCUT2D eigenvalue weighted by atomic mass is 9.94. The van der Waals surface area contributed by atoms with Crippen molar-refractivity contribution in [1.82, 2.24) is 30.0 Å². The highest BCUT2D eigenvalue weighted by Gasteiger charge is 2.36. The molecule has 0 spiro atoms. The number of fused-ring (bicyclic) bond motifs is 3. The van der Waals surface area contributed by atoms with Crippen LogP contribution >= 0.6 is 22.9 Å². The lowest BCUT2D eigenvalue weighted by Gasteiger charge is -2.15. The number of benzene rings is 1. The standard InChI is InChI=1S/C29H27FN6O2S.C8H8ClN/c1-4-13-36-15-21-24(29(36)37)25(22-14-18-11-12-32-27(31-3)26(18)39-22)23(28-35-34-16(2)38-28)20(33-21)10-7-17-5-8-19(30)9-6-17;9-7-4-6-2-1-3-8(6)10-5-7/h5-6,8-9,11-12,14H,4,7,10,13,15H2,1-3H3,(H,31,32);4-5H,1-3H2. The minimum Gasteiger partial charge on any atom is -0.421 e. The van der Waals surface area contributed by atoms with Crippen LogP contribution in [-0.4, -0.2) is 49.5 Å². The van der Waals surface area contributed by atoms with Gasteiger partial charge in [0.2, 0.25) is 11.8 Å². The highest BCUT2D eigenvalue weighted by atomic mass is 35.5. The number of hydrogen-bond donors (Lipinski definition) is 1. The Kier molecular flexibility index (Phi) is 9.38. The molecule has 1 amide bonds. The summed E-state index contributed by atoms with van der Waals surface area (Å²) in [6.07, 6.45) is 9.07. The molecule has 0 radical (unpaired) electrons. The van der Waals surface area contributed by atoms with E-state index in [1.54, 1.807) is 42.8 Å². The SMILES string of the molecule is CCCN1Cc2nc(CCc3ccc(F)cc3)c(-c3nnc(C)o3)c(-c3cc4ccnc(NC)c4s3)c2C1=O.Clc1cnc2c(c1)CCC2. The van der Waals surface area contributed by atoms with E-state index in [-0.39, 0.29) is 11.7 Å². The quantitative estimate of drug-likeness (QED) is 0.169. The molecular weight excluding hydrogens is 661 g/mol. The van der Waals surface area contributed by atoms with E-state index in [0.717, 1.165) is 67.6 Å². The second-order valence-corrected chi connectivity index (χ2v) is 13.6. The Bertz CT molecular complexity index is 2160. The predicted molar refractivity (Wildman–Crippen MR) is 191 cm³/mol. The normalized spacial score (nSPS) is 13.4. The molecule has 0 saturated heterocycles. The van der Waals surface area contributed by atoms with Crippen molar-refractivity contribution in [2.45, 2.75) is 58.9 Å². The third-order valence-electron chi connectivity index (χ3n) is 8.79. The molecule has 0 fully saturated rings. The Morgan fingerprint density at radius 3 is 2.61 bits per heavy atom. The third-order valence-corrected chi connectivity index (χ3v) is 10.2. The zero-order valence-electron chi connectivity index (χ0n) is 27.5. The fourth-order valence-electron chi connectivity index (χ4n) is 6.53. The molecule has 9 nitrogen and oxygen atoms in total. The second kappa shape index (κ2) is 14.0. The van der Waals surface area contributed by atoms with E-state index in [9.17, 15) is 9.18 Å². The minimum atomic E-state index is -0.270. The molecule has 2 aliphatic rings. The fraction of sp³-hybridized carbons (Fsp3) is 0.297. The maximum absolute atomic E-state index is 13.8. The van der Waals surface area contributed by atoms with Gasteiger partial charge in [0.1, 0.15) is 11.6 Å². The van der Waals surface area contributed by atoms with E-state index in [4.69, 9.17) is 21.0 Å². The summed E-state index contributed by atoms with van der Waals surface area (Å²) in [5, 5.41) is 13.4. The average Bonchev–Trinajstić information content (AvgIpc) is 3.91. The van der Waals surface area contributed by atoms with Gasteiger partial charge in [0.15, 0.2) is 0 Å². The van der Waals surface area contributed by atoms with Crippen LogP contribution in [0.1, 0.15) is 64.2 Å². The van der Waals surface area contributed by atoms with Crippen molar-refractivity contribution in [3.63, 3.8) is 0 Å². The summed E-state index contributed by atoms with van der Waals surface area (Å²) in [7, 11) is 1.84. The topological polar surface area (TPSA) is 110 Å². The van der Waals surface area contributed by atoms with Crippen LogP contribution in [0.5, 0.6) is 0 Å². The van der Waals surface area contributed by atoms with Crippen molar-refractivity contribution in [2.75, 3.05) is 18.9 Å². The van der Waals surface area contributed by atoms with Crippen LogP contribution in [0.15, 0.2) is 59.3 Å². The van der Waals surface area contributed by atoms with Crippen molar-refractivity contribution in [3.8, 4) is 21.9 Å². The Labute approximate surface area is 292 Å². The fourth-order valence-corrected chi connectivity index (χ4v) is 7.92. The van der Waals surface area contributed by atoms with Crippen molar-refractivity contribution in [3.05, 3.63) is 105 Å². The number of rotatable bonds is 8. The van der Waals surface area contributed by atoms with Crippen LogP contribution in [0, 0.1) is 12.7 Å². The highest BCUT2D eigenvalue weighted by molar-refractivity contribution is 7.23. The molecule has 250 valence electrons. The highest BCUT2D eigenvalue weighted by Crippen LogP contribution is 2.46. The summed E-state index contributed by atoms with van der Waals surface area (Å²) in [5.74, 6) is 1.23. The maximum Gasteiger partial charge on any atom is 0.256 e. The average molecular weight is 696 g/mol. The first-order valence-electron chi connectivity index (χ1n) is 16.4. The molecular formula is C37H35ClFN7O2S. The van der Waals surface area contributed by atoms with Gasteiger partial charge in [0, 0.05) is 49.0 Å². The molecule has 0 saturated carbocycles. The van der Waals surface area contributed by atoms with E-state index in [1.165, 1.54) is 29.8 Å². The van der Waals surface area contributed by atoms with Crippen LogP contribution in [-0.2, 0) is 32.2 Å². The molecule has 1 aromatic carbocycles. The number of carbonyl (C=O) groups is 1. The van der Waals surface area contributed by atoms with Crippen LogP contribution < -0.4 is 5.32 Å². The van der Waals surface area contributed by atoms with E-state index >= 15 is 0 Å². The van der Waals surface area contributed by atoms with Gasteiger partial charge in [0.05, 0.1) is 38.8 Å². The summed E-state index contributed by atoms with van der Waals surface area (Å²) >= 11 is 7.33. The Hall–Kier alpha value is -4.74. The molecule has 49 heavy (non-hydrogen) atoms. The second-order valence-electron chi connectivity index (χ2n) is 12.2. The van der Waals surface area contributed by atoms with Crippen molar-refractivity contribution in [1.29, 1.82) is 0 Å². The number of nitrogens with one attached hydrogen (secondary N) is 1. The van der Waals surface area contributed by atoms with Gasteiger partial charge < -0.3 is 14.6 Å². The Morgan fingerprint density at radius 1 is 1.02 bits per heavy atom. The monoisotopic (exact) mass is 695 g/mol. The Morgan fingerprint density at radius 2 is 1.86 bits per heavy atom. The molecule has 6 heterocycles. The summed E-state index contributed by atoms with van der Waals surface area (Å²) in [4.78, 5) is 30.3. The molecule has 1 N–H and O–H groups in total. The number of carbonyl (C=O) groups excluding carboxylic acids is 1. The maximum atomic E-state index is 13.8. The lowest BCUT2D eigenvalue weighted by Crippen LogP contribution is -2.24. The Balaban J connectivity index is 0.000000322. The van der Waals surface area contributed by atoms with E-state index in [0.29, 0.717) is 48.8 Å². The first-order chi connectivity index (χ1) is 23.8. The van der Waals surface area contributed by atoms with E-state index in [1.807, 2.05) is 24.1 Å². The number of thiophene rings is 1. The van der Waals surface area contributed by atoms with Crippen LogP contribution in [0.4, 0.5) is 10.2 Å². The summed E-state index contributed by atoms with van der Waals surface area (Å²) in [5.41, 5.74) is 7.12. The number of hydrogen-bond acceptors (Lipinski definition) is 9. The van der Waals surface area contributed by atoms with E-state index in [2.05, 4.69) is 38.5 Å². The number of pyridine rings is 3. The number of amides is 1. The number of halogens is 2.